The van der Waals surface area contributed by atoms with E-state index in [1.54, 1.807) is 17.3 Å². The van der Waals surface area contributed by atoms with E-state index < -0.39 is 0 Å². The molecular formula is C23H19BrN2O2. The van der Waals surface area contributed by atoms with Gasteiger partial charge in [0.15, 0.2) is 5.76 Å². The zero-order valence-electron chi connectivity index (χ0n) is 15.3. The summed E-state index contributed by atoms with van der Waals surface area (Å²) in [6.45, 7) is 2.38. The molecule has 0 bridgehead atoms. The van der Waals surface area contributed by atoms with Gasteiger partial charge < -0.3 is 10.0 Å². The Morgan fingerprint density at radius 2 is 1.89 bits per heavy atom. The monoisotopic (exact) mass is 434 g/mol. The Hall–Kier alpha value is -2.92. The minimum Gasteiger partial charge on any atom is -0.503 e. The second kappa shape index (κ2) is 7.60. The summed E-state index contributed by atoms with van der Waals surface area (Å²) in [6.07, 6.45) is 3.45. The van der Waals surface area contributed by atoms with Crippen LogP contribution >= 0.6 is 15.9 Å². The van der Waals surface area contributed by atoms with Crippen molar-refractivity contribution in [2.45, 2.75) is 19.5 Å². The fraction of sp³-hybridized carbons (Fsp3) is 0.130. The predicted molar refractivity (Wildman–Crippen MR) is 112 cm³/mol. The third kappa shape index (κ3) is 3.45. The van der Waals surface area contributed by atoms with Crippen LogP contribution in [0.2, 0.25) is 0 Å². The summed E-state index contributed by atoms with van der Waals surface area (Å²) >= 11 is 3.52. The number of aromatic nitrogens is 1. The van der Waals surface area contributed by atoms with Gasteiger partial charge >= 0.3 is 0 Å². The maximum absolute atomic E-state index is 13.0. The minimum absolute atomic E-state index is 0.197. The molecule has 1 aliphatic rings. The van der Waals surface area contributed by atoms with Gasteiger partial charge in [-0.3, -0.25) is 9.78 Å². The summed E-state index contributed by atoms with van der Waals surface area (Å²) in [5, 5.41) is 10.8. The molecule has 0 saturated heterocycles. The highest BCUT2D eigenvalue weighted by Gasteiger charge is 2.41. The number of carbonyl (C=O) groups excluding carboxylic acids is 1. The number of nitrogens with zero attached hydrogens (tertiary/aromatic N) is 2. The van der Waals surface area contributed by atoms with E-state index in [4.69, 9.17) is 0 Å². The maximum Gasteiger partial charge on any atom is 0.290 e. The number of rotatable bonds is 4. The number of halogens is 1. The first-order valence-corrected chi connectivity index (χ1v) is 9.79. The number of aliphatic hydroxyl groups is 1. The number of pyridine rings is 1. The molecule has 4 nitrogen and oxygen atoms in total. The van der Waals surface area contributed by atoms with Crippen molar-refractivity contribution in [2.75, 3.05) is 0 Å². The lowest BCUT2D eigenvalue weighted by Crippen LogP contribution is -2.29. The summed E-state index contributed by atoms with van der Waals surface area (Å²) in [5.41, 5.74) is 4.45. The molecule has 0 radical (unpaired) electrons. The molecule has 5 heteroatoms. The Morgan fingerprint density at radius 1 is 1.11 bits per heavy atom. The Labute approximate surface area is 172 Å². The molecule has 0 spiro atoms. The van der Waals surface area contributed by atoms with Crippen LogP contribution < -0.4 is 0 Å². The van der Waals surface area contributed by atoms with Crippen molar-refractivity contribution < 1.29 is 9.90 Å². The van der Waals surface area contributed by atoms with E-state index in [9.17, 15) is 9.90 Å². The van der Waals surface area contributed by atoms with Gasteiger partial charge in [0.1, 0.15) is 0 Å². The van der Waals surface area contributed by atoms with Crippen molar-refractivity contribution in [2.24, 2.45) is 0 Å². The fourth-order valence-corrected chi connectivity index (χ4v) is 3.97. The SMILES string of the molecule is Cc1ccc(C2=C(O)C(=O)N(Cc3cccnc3)C2c2cccc(Br)c2)cc1. The standard InChI is InChI=1S/C23H19BrN2O2/c1-15-7-9-17(10-8-15)20-21(18-5-2-6-19(24)12-18)26(23(28)22(20)27)14-16-4-3-11-25-13-16/h2-13,21,27H,14H2,1H3. The van der Waals surface area contributed by atoms with Gasteiger partial charge in [-0.25, -0.2) is 0 Å². The molecule has 2 aromatic carbocycles. The van der Waals surface area contributed by atoms with E-state index in [2.05, 4.69) is 20.9 Å². The fourth-order valence-electron chi connectivity index (χ4n) is 3.56. The highest BCUT2D eigenvalue weighted by atomic mass is 79.9. The van der Waals surface area contributed by atoms with Gasteiger partial charge in [0.05, 0.1) is 6.04 Å². The van der Waals surface area contributed by atoms with Gasteiger partial charge in [-0.05, 0) is 41.8 Å². The molecule has 28 heavy (non-hydrogen) atoms. The normalized spacial score (nSPS) is 16.7. The molecule has 3 aromatic rings. The molecular weight excluding hydrogens is 416 g/mol. The van der Waals surface area contributed by atoms with E-state index in [1.165, 1.54) is 0 Å². The quantitative estimate of drug-likeness (QED) is 0.613. The predicted octanol–water partition coefficient (Wildman–Crippen LogP) is 5.21. The smallest absolute Gasteiger partial charge is 0.290 e. The molecule has 0 fully saturated rings. The highest BCUT2D eigenvalue weighted by Crippen LogP contribution is 2.44. The van der Waals surface area contributed by atoms with Crippen molar-refractivity contribution in [3.63, 3.8) is 0 Å². The number of aryl methyl sites for hydroxylation is 1. The summed E-state index contributed by atoms with van der Waals surface area (Å²) in [4.78, 5) is 18.9. The minimum atomic E-state index is -0.382. The number of hydrogen-bond donors (Lipinski definition) is 1. The number of aliphatic hydroxyl groups excluding tert-OH is 1. The average Bonchev–Trinajstić information content (AvgIpc) is 2.94. The number of carbonyl (C=O) groups is 1. The molecule has 1 atom stereocenters. The van der Waals surface area contributed by atoms with Crippen LogP contribution in [0.1, 0.15) is 28.3 Å². The summed E-state index contributed by atoms with van der Waals surface area (Å²) in [5.74, 6) is -0.567. The zero-order chi connectivity index (χ0) is 19.7. The average molecular weight is 435 g/mol. The molecule has 140 valence electrons. The van der Waals surface area contributed by atoms with E-state index in [0.717, 1.165) is 26.7 Å². The van der Waals surface area contributed by atoms with E-state index in [-0.39, 0.29) is 17.7 Å². The molecule has 0 saturated carbocycles. The highest BCUT2D eigenvalue weighted by molar-refractivity contribution is 9.10. The molecule has 4 rings (SSSR count). The topological polar surface area (TPSA) is 53.4 Å². The maximum atomic E-state index is 13.0. The summed E-state index contributed by atoms with van der Waals surface area (Å²) in [6, 6.07) is 19.1. The third-order valence-corrected chi connectivity index (χ3v) is 5.40. The second-order valence-electron chi connectivity index (χ2n) is 6.88. The van der Waals surface area contributed by atoms with Crippen molar-refractivity contribution >= 4 is 27.4 Å². The molecule has 0 aliphatic carbocycles. The first-order chi connectivity index (χ1) is 13.5. The molecule has 2 heterocycles. The first kappa shape index (κ1) is 18.4. The van der Waals surface area contributed by atoms with Crippen molar-refractivity contribution in [1.82, 2.24) is 9.88 Å². The van der Waals surface area contributed by atoms with Crippen LogP contribution in [0, 0.1) is 6.92 Å². The van der Waals surface area contributed by atoms with Gasteiger partial charge in [0, 0.05) is 29.0 Å². The molecule has 1 aliphatic heterocycles. The van der Waals surface area contributed by atoms with Crippen LogP contribution in [0.3, 0.4) is 0 Å². The van der Waals surface area contributed by atoms with Gasteiger partial charge in [0.2, 0.25) is 0 Å². The molecule has 1 unspecified atom stereocenters. The van der Waals surface area contributed by atoms with Crippen LogP contribution in [0.25, 0.3) is 5.57 Å². The lowest BCUT2D eigenvalue weighted by Gasteiger charge is -2.27. The molecule has 1 aromatic heterocycles. The third-order valence-electron chi connectivity index (χ3n) is 4.91. The van der Waals surface area contributed by atoms with E-state index >= 15 is 0 Å². The number of benzene rings is 2. The Morgan fingerprint density at radius 3 is 2.57 bits per heavy atom. The van der Waals surface area contributed by atoms with Gasteiger partial charge in [0.25, 0.3) is 5.91 Å². The van der Waals surface area contributed by atoms with Crippen LogP contribution in [-0.2, 0) is 11.3 Å². The van der Waals surface area contributed by atoms with Crippen molar-refractivity contribution in [3.05, 3.63) is 106 Å². The molecule has 1 amide bonds. The Kier molecular flexibility index (Phi) is 5.01. The number of hydrogen-bond acceptors (Lipinski definition) is 3. The zero-order valence-corrected chi connectivity index (χ0v) is 16.9. The van der Waals surface area contributed by atoms with Crippen LogP contribution in [0.5, 0.6) is 0 Å². The van der Waals surface area contributed by atoms with E-state index in [1.807, 2.05) is 67.6 Å². The summed E-state index contributed by atoms with van der Waals surface area (Å²) < 4.78 is 0.924. The van der Waals surface area contributed by atoms with Crippen LogP contribution in [0.15, 0.2) is 83.3 Å². The Balaban J connectivity index is 1.83. The first-order valence-electron chi connectivity index (χ1n) is 9.00. The lowest BCUT2D eigenvalue weighted by atomic mass is 9.93. The van der Waals surface area contributed by atoms with Crippen molar-refractivity contribution in [1.29, 1.82) is 0 Å². The van der Waals surface area contributed by atoms with Gasteiger partial charge in [-0.1, -0.05) is 64.0 Å². The Bertz CT molecular complexity index is 1050. The van der Waals surface area contributed by atoms with Gasteiger partial charge in [-0.2, -0.15) is 0 Å². The van der Waals surface area contributed by atoms with E-state index in [0.29, 0.717) is 12.1 Å². The van der Waals surface area contributed by atoms with Gasteiger partial charge in [-0.15, -0.1) is 0 Å². The molecule has 1 N–H and O–H groups in total. The van der Waals surface area contributed by atoms with Crippen molar-refractivity contribution in [3.8, 4) is 0 Å². The second-order valence-corrected chi connectivity index (χ2v) is 7.80. The summed E-state index contributed by atoms with van der Waals surface area (Å²) in [7, 11) is 0. The lowest BCUT2D eigenvalue weighted by molar-refractivity contribution is -0.130. The largest absolute Gasteiger partial charge is 0.503 e. The van der Waals surface area contributed by atoms with Crippen LogP contribution in [0.4, 0.5) is 0 Å². The number of amides is 1. The van der Waals surface area contributed by atoms with Crippen LogP contribution in [-0.4, -0.2) is 20.9 Å².